The molecular formula is C9H16OSi2. The maximum atomic E-state index is 5.45. The summed E-state index contributed by atoms with van der Waals surface area (Å²) in [6.07, 6.45) is 1.19. The summed E-state index contributed by atoms with van der Waals surface area (Å²) in [5.74, 6) is 0. The minimum Gasteiger partial charge on any atom is -0.466 e. The molecule has 1 aromatic carbocycles. The second-order valence-corrected chi connectivity index (χ2v) is 7.15. The Morgan fingerprint density at radius 3 is 2.58 bits per heavy atom. The first-order chi connectivity index (χ1) is 5.83. The molecule has 0 saturated carbocycles. The molecule has 1 atom stereocenters. The van der Waals surface area contributed by atoms with Gasteiger partial charge in [0, 0.05) is 0 Å². The molecule has 0 radical (unpaired) electrons. The van der Waals surface area contributed by atoms with Crippen LogP contribution in [0.15, 0.2) is 30.3 Å². The fraction of sp³-hybridized carbons (Fsp3) is 0.333. The van der Waals surface area contributed by atoms with Crippen LogP contribution in [0.2, 0.25) is 12.6 Å². The van der Waals surface area contributed by atoms with Crippen LogP contribution >= 0.6 is 0 Å². The van der Waals surface area contributed by atoms with Gasteiger partial charge in [-0.1, -0.05) is 30.3 Å². The third-order valence-electron chi connectivity index (χ3n) is 2.08. The van der Waals surface area contributed by atoms with Crippen LogP contribution in [0.1, 0.15) is 5.56 Å². The van der Waals surface area contributed by atoms with Gasteiger partial charge in [-0.15, -0.1) is 0 Å². The molecule has 0 spiro atoms. The van der Waals surface area contributed by atoms with E-state index in [1.807, 2.05) is 0 Å². The number of hydrogen-bond acceptors (Lipinski definition) is 1. The summed E-state index contributed by atoms with van der Waals surface area (Å²) >= 11 is 0. The highest BCUT2D eigenvalue weighted by Crippen LogP contribution is 2.05. The fourth-order valence-electron chi connectivity index (χ4n) is 1.13. The van der Waals surface area contributed by atoms with Crippen LogP contribution in [0.3, 0.4) is 0 Å². The van der Waals surface area contributed by atoms with Crippen molar-refractivity contribution < 1.29 is 4.12 Å². The summed E-state index contributed by atoms with van der Waals surface area (Å²) in [5.41, 5.74) is 1.44. The molecule has 0 saturated heterocycles. The summed E-state index contributed by atoms with van der Waals surface area (Å²) in [6, 6.07) is 11.9. The molecule has 0 amide bonds. The Labute approximate surface area is 79.0 Å². The molecule has 3 heteroatoms. The van der Waals surface area contributed by atoms with Gasteiger partial charge in [-0.3, -0.25) is 0 Å². The van der Waals surface area contributed by atoms with E-state index in [2.05, 4.69) is 36.9 Å². The Hall–Kier alpha value is -0.386. The maximum Gasteiger partial charge on any atom is 0.159 e. The lowest BCUT2D eigenvalue weighted by atomic mass is 10.2. The summed E-state index contributed by atoms with van der Waals surface area (Å²) in [6.45, 7) is 2.27. The second-order valence-electron chi connectivity index (χ2n) is 3.07. The smallest absolute Gasteiger partial charge is 0.159 e. The van der Waals surface area contributed by atoms with Crippen molar-refractivity contribution in [3.63, 3.8) is 0 Å². The van der Waals surface area contributed by atoms with Gasteiger partial charge in [0.05, 0.1) is 0 Å². The van der Waals surface area contributed by atoms with Crippen molar-refractivity contribution in [2.24, 2.45) is 0 Å². The summed E-state index contributed by atoms with van der Waals surface area (Å²) in [4.78, 5) is 0. The summed E-state index contributed by atoms with van der Waals surface area (Å²) in [7, 11) is 0.122. The van der Waals surface area contributed by atoms with E-state index in [1.54, 1.807) is 0 Å². The van der Waals surface area contributed by atoms with Crippen molar-refractivity contribution >= 4 is 19.5 Å². The Kier molecular flexibility index (Phi) is 4.28. The van der Waals surface area contributed by atoms with Crippen molar-refractivity contribution in [3.8, 4) is 0 Å². The van der Waals surface area contributed by atoms with E-state index in [1.165, 1.54) is 18.0 Å². The van der Waals surface area contributed by atoms with Crippen molar-refractivity contribution in [2.45, 2.75) is 19.0 Å². The van der Waals surface area contributed by atoms with Crippen LogP contribution in [-0.4, -0.2) is 19.5 Å². The van der Waals surface area contributed by atoms with Gasteiger partial charge in [0.2, 0.25) is 0 Å². The van der Waals surface area contributed by atoms with Gasteiger partial charge in [-0.25, -0.2) is 0 Å². The van der Waals surface area contributed by atoms with E-state index < -0.39 is 9.04 Å². The Balaban J connectivity index is 2.33. The fourth-order valence-corrected chi connectivity index (χ4v) is 2.82. The first-order valence-corrected chi connectivity index (χ1v) is 7.65. The van der Waals surface area contributed by atoms with Crippen molar-refractivity contribution in [1.82, 2.24) is 0 Å². The lowest BCUT2D eigenvalue weighted by Crippen LogP contribution is -2.11. The lowest BCUT2D eigenvalue weighted by Gasteiger charge is -2.07. The van der Waals surface area contributed by atoms with Crippen LogP contribution in [0.4, 0.5) is 0 Å². The topological polar surface area (TPSA) is 9.23 Å². The molecule has 1 unspecified atom stereocenters. The molecule has 1 rings (SSSR count). The number of hydrogen-bond donors (Lipinski definition) is 0. The number of rotatable bonds is 4. The molecule has 1 aromatic rings. The molecule has 12 heavy (non-hydrogen) atoms. The number of aryl methyl sites for hydroxylation is 1. The van der Waals surface area contributed by atoms with E-state index in [9.17, 15) is 0 Å². The van der Waals surface area contributed by atoms with Crippen LogP contribution in [0.25, 0.3) is 0 Å². The third kappa shape index (κ3) is 3.34. The Morgan fingerprint density at radius 2 is 2.00 bits per heavy atom. The number of benzene rings is 1. The van der Waals surface area contributed by atoms with Crippen LogP contribution in [0, 0.1) is 0 Å². The normalized spacial score (nSPS) is 13.1. The molecule has 0 aromatic heterocycles. The Morgan fingerprint density at radius 1 is 1.33 bits per heavy atom. The molecule has 0 heterocycles. The summed E-state index contributed by atoms with van der Waals surface area (Å²) in [5, 5.41) is 0. The second kappa shape index (κ2) is 5.29. The van der Waals surface area contributed by atoms with E-state index in [0.717, 1.165) is 10.5 Å². The largest absolute Gasteiger partial charge is 0.466 e. The quantitative estimate of drug-likeness (QED) is 0.650. The maximum absolute atomic E-state index is 5.45. The molecule has 0 bridgehead atoms. The summed E-state index contributed by atoms with van der Waals surface area (Å²) < 4.78 is 5.45. The first-order valence-electron chi connectivity index (χ1n) is 4.39. The highest BCUT2D eigenvalue weighted by atomic mass is 28.3. The zero-order chi connectivity index (χ0) is 8.81. The SMILES string of the molecule is C[SiH](CCc1ccccc1)O[SiH3]. The van der Waals surface area contributed by atoms with Gasteiger partial charge in [0.1, 0.15) is 10.5 Å². The molecular weight excluding hydrogens is 180 g/mol. The molecule has 0 aliphatic heterocycles. The van der Waals surface area contributed by atoms with Gasteiger partial charge in [0.25, 0.3) is 0 Å². The molecule has 66 valence electrons. The Bertz CT molecular complexity index is 213. The van der Waals surface area contributed by atoms with Crippen molar-refractivity contribution in [3.05, 3.63) is 35.9 Å². The zero-order valence-corrected chi connectivity index (χ0v) is 10.9. The van der Waals surface area contributed by atoms with Gasteiger partial charge in [-0.2, -0.15) is 0 Å². The first kappa shape index (κ1) is 9.70. The molecule has 0 aliphatic carbocycles. The minimum absolute atomic E-state index is 0.789. The van der Waals surface area contributed by atoms with Crippen LogP contribution < -0.4 is 0 Å². The predicted molar refractivity (Wildman–Crippen MR) is 59.0 cm³/mol. The highest BCUT2D eigenvalue weighted by Gasteiger charge is 2.01. The third-order valence-corrected chi connectivity index (χ3v) is 6.41. The molecule has 0 aliphatic rings. The van der Waals surface area contributed by atoms with Crippen LogP contribution in [0.5, 0.6) is 0 Å². The van der Waals surface area contributed by atoms with E-state index in [0.29, 0.717) is 0 Å². The standard InChI is InChI=1S/C9H16OSi2/c1-12(10-11)8-7-9-5-3-2-4-6-9/h2-6,12H,7-8H2,1,11H3. The molecule has 0 fully saturated rings. The minimum atomic E-state index is -0.789. The van der Waals surface area contributed by atoms with Crippen molar-refractivity contribution in [1.29, 1.82) is 0 Å². The molecule has 1 nitrogen and oxygen atoms in total. The average molecular weight is 196 g/mol. The highest BCUT2D eigenvalue weighted by molar-refractivity contribution is 6.54. The molecule has 0 N–H and O–H groups in total. The van der Waals surface area contributed by atoms with Gasteiger partial charge < -0.3 is 4.12 Å². The predicted octanol–water partition coefficient (Wildman–Crippen LogP) is 0.880. The van der Waals surface area contributed by atoms with Crippen molar-refractivity contribution in [2.75, 3.05) is 0 Å². The van der Waals surface area contributed by atoms with Gasteiger partial charge >= 0.3 is 0 Å². The van der Waals surface area contributed by atoms with Gasteiger partial charge in [-0.05, 0) is 24.6 Å². The average Bonchev–Trinajstić information content (AvgIpc) is 2.16. The van der Waals surface area contributed by atoms with E-state index >= 15 is 0 Å². The lowest BCUT2D eigenvalue weighted by molar-refractivity contribution is 0.634. The van der Waals surface area contributed by atoms with Gasteiger partial charge in [0.15, 0.2) is 9.04 Å². The van der Waals surface area contributed by atoms with E-state index in [4.69, 9.17) is 4.12 Å². The van der Waals surface area contributed by atoms with E-state index in [-0.39, 0.29) is 0 Å². The van der Waals surface area contributed by atoms with Crippen LogP contribution in [-0.2, 0) is 10.5 Å². The monoisotopic (exact) mass is 196 g/mol. The zero-order valence-electron chi connectivity index (χ0n) is 7.79.